The van der Waals surface area contributed by atoms with Gasteiger partial charge in [0.2, 0.25) is 5.91 Å². The van der Waals surface area contributed by atoms with E-state index in [0.717, 1.165) is 11.3 Å². The molecule has 1 amide bonds. The van der Waals surface area contributed by atoms with Gasteiger partial charge in [0.1, 0.15) is 0 Å². The average molecular weight is 316 g/mol. The minimum Gasteiger partial charge on any atom is -0.272 e. The topological polar surface area (TPSA) is 41.5 Å². The highest BCUT2D eigenvalue weighted by Crippen LogP contribution is 2.63. The summed E-state index contributed by atoms with van der Waals surface area (Å²) in [5, 5.41) is 4.49. The van der Waals surface area contributed by atoms with Gasteiger partial charge in [0.15, 0.2) is 0 Å². The fraction of sp³-hybridized carbons (Fsp3) is 0.556. The number of benzene rings is 1. The van der Waals surface area contributed by atoms with E-state index >= 15 is 0 Å². The van der Waals surface area contributed by atoms with E-state index < -0.39 is 0 Å². The monoisotopic (exact) mass is 316 g/mol. The minimum absolute atomic E-state index is 0.0227. The highest BCUT2D eigenvalue weighted by molar-refractivity contribution is 8.00. The predicted molar refractivity (Wildman–Crippen MR) is 92.0 cm³/mol. The van der Waals surface area contributed by atoms with Crippen LogP contribution in [0.4, 0.5) is 0 Å². The third-order valence-electron chi connectivity index (χ3n) is 5.94. The molecule has 4 heteroatoms. The molecule has 1 N–H and O–H groups in total. The van der Waals surface area contributed by atoms with E-state index in [9.17, 15) is 4.79 Å². The van der Waals surface area contributed by atoms with Crippen molar-refractivity contribution >= 4 is 23.4 Å². The fourth-order valence-electron chi connectivity index (χ4n) is 3.93. The van der Waals surface area contributed by atoms with Crippen molar-refractivity contribution in [2.45, 2.75) is 44.9 Å². The van der Waals surface area contributed by atoms with Gasteiger partial charge in [-0.3, -0.25) is 4.79 Å². The van der Waals surface area contributed by atoms with Crippen molar-refractivity contribution in [3.05, 3.63) is 30.3 Å². The van der Waals surface area contributed by atoms with Crippen molar-refractivity contribution in [2.75, 3.05) is 5.75 Å². The fourth-order valence-corrected chi connectivity index (χ4v) is 4.64. The van der Waals surface area contributed by atoms with Crippen molar-refractivity contribution in [1.82, 2.24) is 5.43 Å². The molecular formula is C18H24N2OS. The first-order valence-electron chi connectivity index (χ1n) is 7.97. The lowest BCUT2D eigenvalue weighted by molar-refractivity contribution is -0.118. The lowest BCUT2D eigenvalue weighted by Gasteiger charge is -2.34. The molecule has 2 atom stereocenters. The highest BCUT2D eigenvalue weighted by Gasteiger charge is 2.59. The predicted octanol–water partition coefficient (Wildman–Crippen LogP) is 4.10. The van der Waals surface area contributed by atoms with Crippen LogP contribution in [0, 0.1) is 16.7 Å². The molecular weight excluding hydrogens is 292 g/mol. The molecule has 1 aromatic carbocycles. The third kappa shape index (κ3) is 2.58. The largest absolute Gasteiger partial charge is 0.272 e. The standard InChI is InChI=1S/C18H24N2OS/c1-17(2)13-9-10-18(17,3)15(11-13)19-20-16(21)12-22-14-7-5-4-6-8-14/h4-8,13H,9-12H2,1-3H3,(H,20,21)/b19-15+/t13-,18-/m0/s1. The van der Waals surface area contributed by atoms with Gasteiger partial charge >= 0.3 is 0 Å². The molecule has 22 heavy (non-hydrogen) atoms. The van der Waals surface area contributed by atoms with Gasteiger partial charge in [-0.05, 0) is 42.7 Å². The van der Waals surface area contributed by atoms with E-state index in [0.29, 0.717) is 17.1 Å². The van der Waals surface area contributed by atoms with Crippen LogP contribution in [-0.4, -0.2) is 17.4 Å². The van der Waals surface area contributed by atoms with Crippen LogP contribution in [0.1, 0.15) is 40.0 Å². The summed E-state index contributed by atoms with van der Waals surface area (Å²) >= 11 is 1.54. The maximum Gasteiger partial charge on any atom is 0.250 e. The van der Waals surface area contributed by atoms with Crippen LogP contribution in [0.25, 0.3) is 0 Å². The number of carbonyl (C=O) groups excluding carboxylic acids is 1. The second-order valence-corrected chi connectivity index (χ2v) is 8.24. The Bertz CT molecular complexity index is 596. The Morgan fingerprint density at radius 2 is 2.05 bits per heavy atom. The van der Waals surface area contributed by atoms with Crippen molar-refractivity contribution in [1.29, 1.82) is 0 Å². The number of nitrogens with zero attached hydrogens (tertiary/aromatic N) is 1. The van der Waals surface area contributed by atoms with Gasteiger partial charge in [-0.15, -0.1) is 11.8 Å². The lowest BCUT2D eigenvalue weighted by atomic mass is 9.70. The number of thioether (sulfide) groups is 1. The first-order chi connectivity index (χ1) is 10.4. The molecule has 1 aromatic rings. The van der Waals surface area contributed by atoms with E-state index in [4.69, 9.17) is 0 Å². The molecule has 0 aromatic heterocycles. The molecule has 2 fully saturated rings. The maximum atomic E-state index is 12.0. The Labute approximate surface area is 136 Å². The molecule has 0 heterocycles. The van der Waals surface area contributed by atoms with Crippen LogP contribution in [0.2, 0.25) is 0 Å². The number of hydrazone groups is 1. The number of amides is 1. The Balaban J connectivity index is 1.57. The second-order valence-electron chi connectivity index (χ2n) is 7.19. The summed E-state index contributed by atoms with van der Waals surface area (Å²) in [7, 11) is 0. The van der Waals surface area contributed by atoms with E-state index in [1.54, 1.807) is 11.8 Å². The second kappa shape index (κ2) is 5.73. The average Bonchev–Trinajstić information content (AvgIpc) is 2.85. The summed E-state index contributed by atoms with van der Waals surface area (Å²) in [6.07, 6.45) is 3.52. The molecule has 2 bridgehead atoms. The summed E-state index contributed by atoms with van der Waals surface area (Å²) in [4.78, 5) is 13.1. The lowest BCUT2D eigenvalue weighted by Crippen LogP contribution is -2.34. The molecule has 3 nitrogen and oxygen atoms in total. The third-order valence-corrected chi connectivity index (χ3v) is 6.95. The summed E-state index contributed by atoms with van der Waals surface area (Å²) < 4.78 is 0. The first kappa shape index (κ1) is 15.6. The zero-order chi connectivity index (χ0) is 15.8. The molecule has 118 valence electrons. The van der Waals surface area contributed by atoms with Crippen LogP contribution < -0.4 is 5.43 Å². The molecule has 0 radical (unpaired) electrons. The Hall–Kier alpha value is -1.29. The Morgan fingerprint density at radius 1 is 1.32 bits per heavy atom. The molecule has 0 aliphatic heterocycles. The van der Waals surface area contributed by atoms with Crippen LogP contribution >= 0.6 is 11.8 Å². The van der Waals surface area contributed by atoms with Gasteiger partial charge in [-0.2, -0.15) is 5.10 Å². The SMILES string of the molecule is CC1(C)[C@H]2CC[C@@]1(C)/C(=N/NC(=O)CSc1ccccc1)C2. The normalized spacial score (nSPS) is 30.7. The zero-order valence-corrected chi connectivity index (χ0v) is 14.4. The van der Waals surface area contributed by atoms with E-state index in [2.05, 4.69) is 31.3 Å². The van der Waals surface area contributed by atoms with Gasteiger partial charge in [0, 0.05) is 16.0 Å². The minimum atomic E-state index is -0.0227. The summed E-state index contributed by atoms with van der Waals surface area (Å²) in [5.41, 5.74) is 4.41. The van der Waals surface area contributed by atoms with Gasteiger partial charge in [-0.25, -0.2) is 5.43 Å². The van der Waals surface area contributed by atoms with Crippen LogP contribution in [0.3, 0.4) is 0 Å². The van der Waals surface area contributed by atoms with Crippen molar-refractivity contribution in [2.24, 2.45) is 21.8 Å². The molecule has 3 rings (SSSR count). The van der Waals surface area contributed by atoms with E-state index in [-0.39, 0.29) is 11.3 Å². The number of fused-ring (bicyclic) bond motifs is 2. The molecule has 2 aliphatic rings. The summed E-state index contributed by atoms with van der Waals surface area (Å²) in [6.45, 7) is 7.00. The first-order valence-corrected chi connectivity index (χ1v) is 8.96. The zero-order valence-electron chi connectivity index (χ0n) is 13.6. The molecule has 0 spiro atoms. The van der Waals surface area contributed by atoms with Crippen LogP contribution in [0.15, 0.2) is 40.3 Å². The van der Waals surface area contributed by atoms with E-state index in [1.165, 1.54) is 18.6 Å². The molecule has 2 saturated carbocycles. The highest BCUT2D eigenvalue weighted by atomic mass is 32.2. The molecule has 2 aliphatic carbocycles. The smallest absolute Gasteiger partial charge is 0.250 e. The number of hydrogen-bond donors (Lipinski definition) is 1. The molecule has 0 saturated heterocycles. The van der Waals surface area contributed by atoms with Crippen molar-refractivity contribution < 1.29 is 4.79 Å². The Kier molecular flexibility index (Phi) is 4.06. The number of hydrogen-bond acceptors (Lipinski definition) is 3. The van der Waals surface area contributed by atoms with Crippen LogP contribution in [-0.2, 0) is 4.79 Å². The van der Waals surface area contributed by atoms with Crippen molar-refractivity contribution in [3.63, 3.8) is 0 Å². The Morgan fingerprint density at radius 3 is 2.64 bits per heavy atom. The number of rotatable bonds is 4. The van der Waals surface area contributed by atoms with Gasteiger partial charge in [0.25, 0.3) is 0 Å². The van der Waals surface area contributed by atoms with E-state index in [1.807, 2.05) is 30.3 Å². The van der Waals surface area contributed by atoms with Gasteiger partial charge in [0.05, 0.1) is 5.75 Å². The van der Waals surface area contributed by atoms with Gasteiger partial charge in [-0.1, -0.05) is 39.0 Å². The molecule has 0 unspecified atom stereocenters. The number of nitrogens with one attached hydrogen (secondary N) is 1. The summed E-state index contributed by atoms with van der Waals surface area (Å²) in [6, 6.07) is 9.98. The van der Waals surface area contributed by atoms with Crippen LogP contribution in [0.5, 0.6) is 0 Å². The van der Waals surface area contributed by atoms with Gasteiger partial charge < -0.3 is 0 Å². The number of carbonyl (C=O) groups is 1. The van der Waals surface area contributed by atoms with Crippen molar-refractivity contribution in [3.8, 4) is 0 Å². The summed E-state index contributed by atoms with van der Waals surface area (Å²) in [5.74, 6) is 1.10. The quantitative estimate of drug-likeness (QED) is 0.671. The maximum absolute atomic E-state index is 12.0.